The van der Waals surface area contributed by atoms with Crippen molar-refractivity contribution in [3.05, 3.63) is 24.3 Å². The third kappa shape index (κ3) is 6.44. The second-order valence-corrected chi connectivity index (χ2v) is 3.47. The summed E-state index contributed by atoms with van der Waals surface area (Å²) in [6.45, 7) is 4.47. The van der Waals surface area contributed by atoms with Crippen LogP contribution < -0.4 is 10.6 Å². The third-order valence-electron chi connectivity index (χ3n) is 2.11. The van der Waals surface area contributed by atoms with Gasteiger partial charge in [-0.25, -0.2) is 0 Å². The molecule has 0 unspecified atom stereocenters. The lowest BCUT2D eigenvalue weighted by atomic mass is 10.4. The predicted octanol–water partition coefficient (Wildman–Crippen LogP) is 0.192. The molecule has 0 aromatic carbocycles. The van der Waals surface area contributed by atoms with E-state index in [1.54, 1.807) is 25.7 Å². The minimum absolute atomic E-state index is 0.771. The van der Waals surface area contributed by atoms with E-state index in [1.807, 2.05) is 0 Å². The predicted molar refractivity (Wildman–Crippen MR) is 63.1 cm³/mol. The summed E-state index contributed by atoms with van der Waals surface area (Å²) in [6, 6.07) is 0. The Labute approximate surface area is 96.6 Å². The molecule has 0 bridgehead atoms. The highest BCUT2D eigenvalue weighted by molar-refractivity contribution is 4.93. The Kier molecular flexibility index (Phi) is 7.49. The van der Waals surface area contributed by atoms with Gasteiger partial charge < -0.3 is 15.4 Å². The Morgan fingerprint density at radius 2 is 2.06 bits per heavy atom. The third-order valence-corrected chi connectivity index (χ3v) is 2.11. The minimum atomic E-state index is 0.771. The van der Waals surface area contributed by atoms with Crippen LogP contribution in [0, 0.1) is 0 Å². The SMILES string of the molecule is COCCNCCCNCc1cnccn1. The van der Waals surface area contributed by atoms with E-state index in [-0.39, 0.29) is 0 Å². The number of hydrogen-bond donors (Lipinski definition) is 2. The largest absolute Gasteiger partial charge is 0.383 e. The van der Waals surface area contributed by atoms with E-state index in [9.17, 15) is 0 Å². The molecule has 0 atom stereocenters. The number of methoxy groups -OCH3 is 1. The van der Waals surface area contributed by atoms with Crippen molar-refractivity contribution in [2.75, 3.05) is 33.4 Å². The van der Waals surface area contributed by atoms with E-state index < -0.39 is 0 Å². The van der Waals surface area contributed by atoms with Gasteiger partial charge in [0.2, 0.25) is 0 Å². The van der Waals surface area contributed by atoms with Gasteiger partial charge in [0.25, 0.3) is 0 Å². The van der Waals surface area contributed by atoms with Crippen LogP contribution in [0.4, 0.5) is 0 Å². The lowest BCUT2D eigenvalue weighted by Crippen LogP contribution is -2.24. The van der Waals surface area contributed by atoms with Crippen molar-refractivity contribution in [1.29, 1.82) is 0 Å². The number of rotatable bonds is 9. The topological polar surface area (TPSA) is 59.1 Å². The highest BCUT2D eigenvalue weighted by atomic mass is 16.5. The van der Waals surface area contributed by atoms with Crippen molar-refractivity contribution in [1.82, 2.24) is 20.6 Å². The van der Waals surface area contributed by atoms with Crippen molar-refractivity contribution < 1.29 is 4.74 Å². The fourth-order valence-electron chi connectivity index (χ4n) is 1.28. The molecular formula is C11H20N4O. The minimum Gasteiger partial charge on any atom is -0.383 e. The molecule has 1 aromatic rings. The molecule has 0 fully saturated rings. The van der Waals surface area contributed by atoms with Crippen LogP contribution in [0.1, 0.15) is 12.1 Å². The van der Waals surface area contributed by atoms with Crippen molar-refractivity contribution in [2.24, 2.45) is 0 Å². The fraction of sp³-hybridized carbons (Fsp3) is 0.636. The molecule has 0 saturated heterocycles. The van der Waals surface area contributed by atoms with E-state index in [4.69, 9.17) is 4.74 Å². The molecule has 5 heteroatoms. The Balaban J connectivity index is 1.89. The standard InChI is InChI=1S/C11H20N4O/c1-16-8-7-12-3-2-4-13-9-11-10-14-5-6-15-11/h5-6,10,12-13H,2-4,7-9H2,1H3. The van der Waals surface area contributed by atoms with Gasteiger partial charge in [0, 0.05) is 38.8 Å². The fourth-order valence-corrected chi connectivity index (χ4v) is 1.28. The molecule has 5 nitrogen and oxygen atoms in total. The summed E-state index contributed by atoms with van der Waals surface area (Å²) >= 11 is 0. The van der Waals surface area contributed by atoms with Crippen molar-refractivity contribution in [3.8, 4) is 0 Å². The number of nitrogens with one attached hydrogen (secondary N) is 2. The first-order valence-corrected chi connectivity index (χ1v) is 5.58. The van der Waals surface area contributed by atoms with Crippen LogP contribution in [0.5, 0.6) is 0 Å². The number of hydrogen-bond acceptors (Lipinski definition) is 5. The first-order chi connectivity index (χ1) is 7.93. The van der Waals surface area contributed by atoms with Crippen molar-refractivity contribution in [3.63, 3.8) is 0 Å². The van der Waals surface area contributed by atoms with Crippen LogP contribution in [0.15, 0.2) is 18.6 Å². The molecule has 0 aliphatic rings. The molecule has 0 saturated carbocycles. The van der Waals surface area contributed by atoms with Gasteiger partial charge in [-0.3, -0.25) is 9.97 Å². The zero-order valence-electron chi connectivity index (χ0n) is 9.78. The lowest BCUT2D eigenvalue weighted by molar-refractivity contribution is 0.199. The van der Waals surface area contributed by atoms with Gasteiger partial charge in [-0.05, 0) is 19.5 Å². The van der Waals surface area contributed by atoms with Gasteiger partial charge in [0.05, 0.1) is 12.3 Å². The van der Waals surface area contributed by atoms with Gasteiger partial charge in [-0.15, -0.1) is 0 Å². The summed E-state index contributed by atoms with van der Waals surface area (Å²) in [5, 5.41) is 6.61. The van der Waals surface area contributed by atoms with Crippen LogP contribution in [0.2, 0.25) is 0 Å². The molecule has 0 aliphatic heterocycles. The molecule has 1 heterocycles. The molecule has 1 rings (SSSR count). The zero-order chi connectivity index (χ0) is 11.5. The Bertz CT molecular complexity index is 255. The van der Waals surface area contributed by atoms with E-state index in [2.05, 4.69) is 20.6 Å². The number of aromatic nitrogens is 2. The maximum Gasteiger partial charge on any atom is 0.0724 e. The second kappa shape index (κ2) is 9.21. The average molecular weight is 224 g/mol. The van der Waals surface area contributed by atoms with Gasteiger partial charge in [-0.1, -0.05) is 0 Å². The maximum atomic E-state index is 4.93. The Morgan fingerprint density at radius 3 is 2.81 bits per heavy atom. The van der Waals surface area contributed by atoms with Gasteiger partial charge in [0.1, 0.15) is 0 Å². The second-order valence-electron chi connectivity index (χ2n) is 3.47. The van der Waals surface area contributed by atoms with E-state index >= 15 is 0 Å². The molecule has 1 aromatic heterocycles. The molecule has 0 aliphatic carbocycles. The maximum absolute atomic E-state index is 4.93. The van der Waals surface area contributed by atoms with Crippen molar-refractivity contribution in [2.45, 2.75) is 13.0 Å². The summed E-state index contributed by atoms with van der Waals surface area (Å²) < 4.78 is 4.93. The molecular weight excluding hydrogens is 204 g/mol. The zero-order valence-corrected chi connectivity index (χ0v) is 9.78. The van der Waals surface area contributed by atoms with Crippen LogP contribution in [-0.2, 0) is 11.3 Å². The van der Waals surface area contributed by atoms with Crippen molar-refractivity contribution >= 4 is 0 Å². The quantitative estimate of drug-likeness (QED) is 0.587. The summed E-state index contributed by atoms with van der Waals surface area (Å²) in [5.74, 6) is 0. The van der Waals surface area contributed by atoms with Crippen LogP contribution in [-0.4, -0.2) is 43.3 Å². The summed E-state index contributed by atoms with van der Waals surface area (Å²) in [7, 11) is 1.71. The van der Waals surface area contributed by atoms with Gasteiger partial charge >= 0.3 is 0 Å². The number of nitrogens with zero attached hydrogens (tertiary/aromatic N) is 2. The van der Waals surface area contributed by atoms with Crippen LogP contribution in [0.25, 0.3) is 0 Å². The Morgan fingerprint density at radius 1 is 1.19 bits per heavy atom. The normalized spacial score (nSPS) is 10.6. The van der Waals surface area contributed by atoms with Gasteiger partial charge in [0.15, 0.2) is 0 Å². The molecule has 0 spiro atoms. The summed E-state index contributed by atoms with van der Waals surface area (Å²) in [5.41, 5.74) is 0.981. The first kappa shape index (κ1) is 13.0. The lowest BCUT2D eigenvalue weighted by Gasteiger charge is -2.05. The first-order valence-electron chi connectivity index (χ1n) is 5.58. The van der Waals surface area contributed by atoms with E-state index in [1.165, 1.54) is 0 Å². The highest BCUT2D eigenvalue weighted by Gasteiger charge is 1.92. The van der Waals surface area contributed by atoms with E-state index in [0.29, 0.717) is 0 Å². The Hall–Kier alpha value is -1.04. The smallest absolute Gasteiger partial charge is 0.0724 e. The summed E-state index contributed by atoms with van der Waals surface area (Å²) in [6.07, 6.45) is 6.28. The molecule has 16 heavy (non-hydrogen) atoms. The highest BCUT2D eigenvalue weighted by Crippen LogP contribution is 1.88. The van der Waals surface area contributed by atoms with Crippen LogP contribution >= 0.6 is 0 Å². The van der Waals surface area contributed by atoms with Crippen LogP contribution in [0.3, 0.4) is 0 Å². The molecule has 0 amide bonds. The molecule has 2 N–H and O–H groups in total. The molecule has 0 radical (unpaired) electrons. The van der Waals surface area contributed by atoms with E-state index in [0.717, 1.165) is 44.9 Å². The van der Waals surface area contributed by atoms with Gasteiger partial charge in [-0.2, -0.15) is 0 Å². The monoisotopic (exact) mass is 224 g/mol. The number of ether oxygens (including phenoxy) is 1. The average Bonchev–Trinajstić information content (AvgIpc) is 2.34. The molecule has 90 valence electrons. The summed E-state index contributed by atoms with van der Waals surface area (Å²) in [4.78, 5) is 8.18.